The fourth-order valence-corrected chi connectivity index (χ4v) is 3.77. The number of nitrogens with one attached hydrogen (secondary N) is 1. The second kappa shape index (κ2) is 3.98. The Morgan fingerprint density at radius 1 is 1.29 bits per heavy atom. The summed E-state index contributed by atoms with van der Waals surface area (Å²) in [6.45, 7) is 4.45. The van der Waals surface area contributed by atoms with Crippen LogP contribution in [0.15, 0.2) is 18.2 Å². The van der Waals surface area contributed by atoms with Gasteiger partial charge in [-0.1, -0.05) is 36.3 Å². The zero-order valence-electron chi connectivity index (χ0n) is 10.4. The van der Waals surface area contributed by atoms with E-state index in [0.717, 1.165) is 10.6 Å². The summed E-state index contributed by atoms with van der Waals surface area (Å²) >= 11 is 1.77. The summed E-state index contributed by atoms with van der Waals surface area (Å²) in [5, 5.41) is 4.72. The van der Waals surface area contributed by atoms with Crippen molar-refractivity contribution in [3.63, 3.8) is 0 Å². The van der Waals surface area contributed by atoms with Gasteiger partial charge in [0, 0.05) is 5.54 Å². The molecular formula is C14H18N2S. The Bertz CT molecular complexity index is 538. The Morgan fingerprint density at radius 2 is 2.06 bits per heavy atom. The van der Waals surface area contributed by atoms with Gasteiger partial charge in [-0.2, -0.15) is 0 Å². The molecule has 3 heteroatoms. The van der Waals surface area contributed by atoms with Crippen molar-refractivity contribution in [1.29, 1.82) is 0 Å². The Labute approximate surface area is 106 Å². The number of benzene rings is 1. The number of anilines is 1. The minimum absolute atomic E-state index is 0.266. The smallest absolute Gasteiger partial charge is 0.184 e. The lowest BCUT2D eigenvalue weighted by Gasteiger charge is -2.24. The van der Waals surface area contributed by atoms with E-state index in [1.807, 2.05) is 0 Å². The zero-order chi connectivity index (χ0) is 11.9. The molecule has 0 radical (unpaired) electrons. The minimum atomic E-state index is 0.266. The highest BCUT2D eigenvalue weighted by Crippen LogP contribution is 2.35. The third-order valence-electron chi connectivity index (χ3n) is 3.74. The van der Waals surface area contributed by atoms with Gasteiger partial charge >= 0.3 is 0 Å². The molecule has 0 saturated heterocycles. The summed E-state index contributed by atoms with van der Waals surface area (Å²) in [6.07, 6.45) is 5.21. The van der Waals surface area contributed by atoms with Crippen LogP contribution in [-0.4, -0.2) is 10.5 Å². The van der Waals surface area contributed by atoms with E-state index in [9.17, 15) is 0 Å². The van der Waals surface area contributed by atoms with Gasteiger partial charge in [0.15, 0.2) is 5.13 Å². The van der Waals surface area contributed by atoms with Gasteiger partial charge in [0.25, 0.3) is 0 Å². The number of nitrogens with zero attached hydrogens (tertiary/aromatic N) is 1. The minimum Gasteiger partial charge on any atom is -0.356 e. The SMILES string of the molecule is Cc1cccc2sc(NC3(C)CCCC3)nc12. The molecule has 90 valence electrons. The van der Waals surface area contributed by atoms with E-state index >= 15 is 0 Å². The number of aryl methyl sites for hydroxylation is 1. The first-order chi connectivity index (χ1) is 8.16. The lowest BCUT2D eigenvalue weighted by molar-refractivity contribution is 0.533. The van der Waals surface area contributed by atoms with Crippen LogP contribution < -0.4 is 5.32 Å². The zero-order valence-corrected chi connectivity index (χ0v) is 11.2. The first-order valence-electron chi connectivity index (χ1n) is 6.31. The van der Waals surface area contributed by atoms with Gasteiger partial charge in [0.2, 0.25) is 0 Å². The molecule has 1 N–H and O–H groups in total. The van der Waals surface area contributed by atoms with E-state index in [0.29, 0.717) is 0 Å². The highest BCUT2D eigenvalue weighted by Gasteiger charge is 2.29. The molecule has 1 heterocycles. The van der Waals surface area contributed by atoms with Crippen molar-refractivity contribution in [1.82, 2.24) is 4.98 Å². The topological polar surface area (TPSA) is 24.9 Å². The van der Waals surface area contributed by atoms with Crippen molar-refractivity contribution >= 4 is 26.7 Å². The molecule has 1 aliphatic rings. The molecule has 17 heavy (non-hydrogen) atoms. The van der Waals surface area contributed by atoms with Gasteiger partial charge in [-0.15, -0.1) is 0 Å². The normalized spacial score (nSPS) is 18.7. The fraction of sp³-hybridized carbons (Fsp3) is 0.500. The number of hydrogen-bond donors (Lipinski definition) is 1. The van der Waals surface area contributed by atoms with Crippen LogP contribution in [0.1, 0.15) is 38.2 Å². The quantitative estimate of drug-likeness (QED) is 0.852. The molecule has 0 amide bonds. The van der Waals surface area contributed by atoms with Crippen LogP contribution in [0.2, 0.25) is 0 Å². The van der Waals surface area contributed by atoms with E-state index in [2.05, 4.69) is 37.4 Å². The molecule has 2 nitrogen and oxygen atoms in total. The Morgan fingerprint density at radius 3 is 2.76 bits per heavy atom. The number of fused-ring (bicyclic) bond motifs is 1. The van der Waals surface area contributed by atoms with Crippen LogP contribution in [0.3, 0.4) is 0 Å². The molecule has 2 aromatic rings. The molecule has 0 aliphatic heterocycles. The Kier molecular flexibility index (Phi) is 2.58. The maximum Gasteiger partial charge on any atom is 0.184 e. The average molecular weight is 246 g/mol. The summed E-state index contributed by atoms with van der Waals surface area (Å²) in [6, 6.07) is 6.39. The summed E-state index contributed by atoms with van der Waals surface area (Å²) in [5.74, 6) is 0. The molecule has 3 rings (SSSR count). The Hall–Kier alpha value is -1.09. The highest BCUT2D eigenvalue weighted by atomic mass is 32.1. The molecular weight excluding hydrogens is 228 g/mol. The van der Waals surface area contributed by atoms with Crippen molar-refractivity contribution in [3.05, 3.63) is 23.8 Å². The van der Waals surface area contributed by atoms with E-state index in [1.165, 1.54) is 35.9 Å². The summed E-state index contributed by atoms with van der Waals surface area (Å²) in [4.78, 5) is 4.73. The fourth-order valence-electron chi connectivity index (χ4n) is 2.68. The molecule has 1 fully saturated rings. The summed E-state index contributed by atoms with van der Waals surface area (Å²) in [7, 11) is 0. The number of rotatable bonds is 2. The third kappa shape index (κ3) is 2.04. The van der Waals surface area contributed by atoms with E-state index in [1.54, 1.807) is 11.3 Å². The molecule has 0 spiro atoms. The van der Waals surface area contributed by atoms with Crippen molar-refractivity contribution in [3.8, 4) is 0 Å². The molecule has 0 bridgehead atoms. The number of hydrogen-bond acceptors (Lipinski definition) is 3. The average Bonchev–Trinajstić information content (AvgIpc) is 2.86. The molecule has 1 aromatic carbocycles. The van der Waals surface area contributed by atoms with Crippen molar-refractivity contribution in [2.45, 2.75) is 45.1 Å². The first-order valence-corrected chi connectivity index (χ1v) is 7.12. The Balaban J connectivity index is 1.93. The lowest BCUT2D eigenvalue weighted by atomic mass is 10.0. The van der Waals surface area contributed by atoms with Crippen molar-refractivity contribution in [2.24, 2.45) is 0 Å². The second-order valence-electron chi connectivity index (χ2n) is 5.33. The van der Waals surface area contributed by atoms with Crippen molar-refractivity contribution < 1.29 is 0 Å². The van der Waals surface area contributed by atoms with Crippen LogP contribution in [0.4, 0.5) is 5.13 Å². The summed E-state index contributed by atoms with van der Waals surface area (Å²) < 4.78 is 1.29. The lowest BCUT2D eigenvalue weighted by Crippen LogP contribution is -2.30. The highest BCUT2D eigenvalue weighted by molar-refractivity contribution is 7.22. The van der Waals surface area contributed by atoms with E-state index in [-0.39, 0.29) is 5.54 Å². The first kappa shape index (κ1) is 11.0. The molecule has 1 saturated carbocycles. The van der Waals surface area contributed by atoms with E-state index < -0.39 is 0 Å². The van der Waals surface area contributed by atoms with E-state index in [4.69, 9.17) is 4.98 Å². The molecule has 0 unspecified atom stereocenters. The van der Waals surface area contributed by atoms with Crippen LogP contribution in [-0.2, 0) is 0 Å². The number of para-hydroxylation sites is 1. The van der Waals surface area contributed by atoms with Crippen molar-refractivity contribution in [2.75, 3.05) is 5.32 Å². The van der Waals surface area contributed by atoms with Gasteiger partial charge in [-0.3, -0.25) is 0 Å². The third-order valence-corrected chi connectivity index (χ3v) is 4.67. The molecule has 0 atom stereocenters. The van der Waals surface area contributed by atoms with Crippen LogP contribution in [0, 0.1) is 6.92 Å². The maximum atomic E-state index is 4.73. The predicted octanol–water partition coefficient (Wildman–Crippen LogP) is 4.35. The number of aromatic nitrogens is 1. The second-order valence-corrected chi connectivity index (χ2v) is 6.36. The molecule has 1 aliphatic carbocycles. The summed E-state index contributed by atoms with van der Waals surface area (Å²) in [5.41, 5.74) is 2.69. The largest absolute Gasteiger partial charge is 0.356 e. The van der Waals surface area contributed by atoms with Crippen LogP contribution >= 0.6 is 11.3 Å². The monoisotopic (exact) mass is 246 g/mol. The van der Waals surface area contributed by atoms with Gasteiger partial charge in [0.1, 0.15) is 0 Å². The van der Waals surface area contributed by atoms with Gasteiger partial charge in [-0.25, -0.2) is 4.98 Å². The van der Waals surface area contributed by atoms with Gasteiger partial charge in [-0.05, 0) is 38.3 Å². The molecule has 1 aromatic heterocycles. The van der Waals surface area contributed by atoms with Gasteiger partial charge in [0.05, 0.1) is 10.2 Å². The van der Waals surface area contributed by atoms with Crippen LogP contribution in [0.5, 0.6) is 0 Å². The number of thiazole rings is 1. The maximum absolute atomic E-state index is 4.73. The standard InChI is InChI=1S/C14H18N2S/c1-10-6-5-7-11-12(10)15-13(17-11)16-14(2)8-3-4-9-14/h5-7H,3-4,8-9H2,1-2H3,(H,15,16). The van der Waals surface area contributed by atoms with Crippen LogP contribution in [0.25, 0.3) is 10.2 Å². The predicted molar refractivity (Wildman–Crippen MR) is 74.9 cm³/mol. The van der Waals surface area contributed by atoms with Gasteiger partial charge < -0.3 is 5.32 Å².